The summed E-state index contributed by atoms with van der Waals surface area (Å²) in [7, 11) is 1.28. The van der Waals surface area contributed by atoms with Crippen molar-refractivity contribution < 1.29 is 38.3 Å². The van der Waals surface area contributed by atoms with Crippen LogP contribution in [0, 0.1) is 5.92 Å². The zero-order valence-corrected chi connectivity index (χ0v) is 15.8. The highest BCUT2D eigenvalue weighted by Gasteiger charge is 2.57. The number of nitrogens with two attached hydrogens (primary N) is 1. The van der Waals surface area contributed by atoms with E-state index in [1.807, 2.05) is 0 Å². The summed E-state index contributed by atoms with van der Waals surface area (Å²) >= 11 is 1.17. The van der Waals surface area contributed by atoms with Gasteiger partial charge in [0.15, 0.2) is 5.76 Å². The molecule has 3 amide bonds. The molecule has 29 heavy (non-hydrogen) atoms. The summed E-state index contributed by atoms with van der Waals surface area (Å²) in [5, 5.41) is 14.9. The second-order valence-corrected chi connectivity index (χ2v) is 6.95. The molecule has 154 valence electrons. The number of carboxylic acid groups (broad SMARTS) is 1. The molecule has 2 aliphatic rings. The van der Waals surface area contributed by atoms with Gasteiger partial charge in [-0.1, -0.05) is 5.16 Å². The second kappa shape index (κ2) is 8.26. The fraction of sp³-hybridized carbons (Fsp3) is 0.312. The summed E-state index contributed by atoms with van der Waals surface area (Å²) < 4.78 is 9.81. The van der Waals surface area contributed by atoms with Gasteiger partial charge in [0.05, 0.1) is 6.26 Å². The number of amidine groups is 1. The lowest BCUT2D eigenvalue weighted by Gasteiger charge is -2.48. The van der Waals surface area contributed by atoms with Gasteiger partial charge in [0, 0.05) is 11.3 Å². The maximum Gasteiger partial charge on any atom is 0.404 e. The minimum Gasteiger partial charge on any atom is -0.477 e. The van der Waals surface area contributed by atoms with Crippen molar-refractivity contribution in [2.24, 2.45) is 16.8 Å². The topological polar surface area (TPSA) is 174 Å². The molecule has 12 nitrogen and oxygen atoms in total. The number of nitrogens with one attached hydrogen (secondary N) is 1. The predicted octanol–water partition coefficient (Wildman–Crippen LogP) is -0.331. The van der Waals surface area contributed by atoms with E-state index in [9.17, 15) is 24.3 Å². The van der Waals surface area contributed by atoms with E-state index in [0.29, 0.717) is 0 Å². The third-order valence-electron chi connectivity index (χ3n) is 4.10. The Morgan fingerprint density at radius 1 is 1.48 bits per heavy atom. The van der Waals surface area contributed by atoms with Crippen LogP contribution in [-0.2, 0) is 24.0 Å². The van der Waals surface area contributed by atoms with Gasteiger partial charge < -0.3 is 30.1 Å². The molecule has 2 aliphatic heterocycles. The number of carbonyl (C=O) groups excluding carboxylic acids is 3. The molecule has 1 aromatic heterocycles. The van der Waals surface area contributed by atoms with Crippen LogP contribution in [0.2, 0.25) is 0 Å². The minimum absolute atomic E-state index is 0.0286. The first-order valence-corrected chi connectivity index (χ1v) is 9.18. The molecule has 2 atom stereocenters. The van der Waals surface area contributed by atoms with Crippen LogP contribution in [-0.4, -0.2) is 64.6 Å². The number of amides is 3. The fourth-order valence-corrected chi connectivity index (χ4v) is 4.27. The average molecular weight is 424 g/mol. The highest BCUT2D eigenvalue weighted by Crippen LogP contribution is 2.43. The third kappa shape index (κ3) is 3.89. The summed E-state index contributed by atoms with van der Waals surface area (Å²) in [5.41, 5.74) is 4.80. The number of furan rings is 1. The smallest absolute Gasteiger partial charge is 0.404 e. The maximum atomic E-state index is 12.6. The predicted molar refractivity (Wildman–Crippen MR) is 97.2 cm³/mol. The van der Waals surface area contributed by atoms with E-state index in [1.54, 1.807) is 12.1 Å². The number of ether oxygens (including phenoxy) is 1. The molecule has 4 N–H and O–H groups in total. The van der Waals surface area contributed by atoms with E-state index in [0.717, 1.165) is 4.90 Å². The van der Waals surface area contributed by atoms with Crippen LogP contribution in [0.4, 0.5) is 4.79 Å². The number of β-lactam (4-membered cyclic amide) rings is 1. The number of hydrogen-bond acceptors (Lipinski definition) is 9. The first-order chi connectivity index (χ1) is 13.8. The lowest BCUT2D eigenvalue weighted by Crippen LogP contribution is -2.66. The van der Waals surface area contributed by atoms with E-state index in [2.05, 4.69) is 20.0 Å². The number of rotatable bonds is 6. The summed E-state index contributed by atoms with van der Waals surface area (Å²) in [6.45, 7) is -0.361. The molecule has 0 spiro atoms. The van der Waals surface area contributed by atoms with Gasteiger partial charge in [-0.2, -0.15) is 0 Å². The zero-order chi connectivity index (χ0) is 21.1. The van der Waals surface area contributed by atoms with Gasteiger partial charge in [0.2, 0.25) is 17.6 Å². The monoisotopic (exact) mass is 424 g/mol. The van der Waals surface area contributed by atoms with E-state index < -0.39 is 35.2 Å². The molecule has 1 aromatic rings. The molecule has 1 saturated heterocycles. The molecule has 1 fully saturated rings. The number of carbonyl (C=O) groups is 4. The van der Waals surface area contributed by atoms with Crippen LogP contribution in [0.1, 0.15) is 5.76 Å². The molecule has 0 aliphatic carbocycles. The summed E-state index contributed by atoms with van der Waals surface area (Å²) in [5.74, 6) is -3.56. The lowest BCUT2D eigenvalue weighted by atomic mass is 9.94. The number of aliphatic carboxylic acids is 1. The number of thioether (sulfide) groups is 1. The van der Waals surface area contributed by atoms with Gasteiger partial charge in [-0.05, 0) is 12.1 Å². The molecule has 0 aromatic carbocycles. The Morgan fingerprint density at radius 2 is 2.24 bits per heavy atom. The first kappa shape index (κ1) is 20.3. The number of oxime groups is 1. The standard InChI is InChI=1S/C16H16N4O8S/c1-26-19-11(8-3-2-4-27-8)18-12(21)9-13(22)20-10(15(23)24)7(5-28-16(17)25)6-29-14(9)20/h2-4,9,14H,5-6H2,1H3,(H2,17,25)(H,23,24)(H,18,19,21). The Morgan fingerprint density at radius 3 is 2.83 bits per heavy atom. The molecular weight excluding hydrogens is 408 g/mol. The van der Waals surface area contributed by atoms with Crippen molar-refractivity contribution in [3.05, 3.63) is 35.4 Å². The lowest BCUT2D eigenvalue weighted by molar-refractivity contribution is -0.157. The number of hydrogen-bond donors (Lipinski definition) is 3. The van der Waals surface area contributed by atoms with Crippen LogP contribution in [0.25, 0.3) is 0 Å². The average Bonchev–Trinajstić information content (AvgIpc) is 3.19. The highest BCUT2D eigenvalue weighted by molar-refractivity contribution is 8.00. The van der Waals surface area contributed by atoms with Gasteiger partial charge in [0.25, 0.3) is 0 Å². The Labute approximate surface area is 167 Å². The summed E-state index contributed by atoms with van der Waals surface area (Å²) in [6.07, 6.45) is 0.309. The Hall–Kier alpha value is -3.48. The Balaban J connectivity index is 1.78. The second-order valence-electron chi connectivity index (χ2n) is 5.84. The van der Waals surface area contributed by atoms with Crippen LogP contribution in [0.15, 0.2) is 39.2 Å². The molecule has 3 rings (SSSR count). The number of primary amides is 1. The number of fused-ring (bicyclic) bond motifs is 1. The minimum atomic E-state index is -1.37. The molecule has 2 unspecified atom stereocenters. The number of nitrogens with zero attached hydrogens (tertiary/aromatic N) is 2. The first-order valence-electron chi connectivity index (χ1n) is 8.13. The van der Waals surface area contributed by atoms with E-state index in [-0.39, 0.29) is 35.2 Å². The van der Waals surface area contributed by atoms with Crippen molar-refractivity contribution >= 4 is 41.5 Å². The fourth-order valence-electron chi connectivity index (χ4n) is 2.89. The van der Waals surface area contributed by atoms with Crippen molar-refractivity contribution in [1.29, 1.82) is 0 Å². The van der Waals surface area contributed by atoms with Crippen LogP contribution >= 0.6 is 11.8 Å². The molecule has 3 heterocycles. The van der Waals surface area contributed by atoms with Crippen molar-refractivity contribution in [3.8, 4) is 0 Å². The highest BCUT2D eigenvalue weighted by atomic mass is 32.2. The number of carboxylic acids is 1. The van der Waals surface area contributed by atoms with Gasteiger partial charge in [-0.15, -0.1) is 11.8 Å². The van der Waals surface area contributed by atoms with Gasteiger partial charge >= 0.3 is 12.1 Å². The van der Waals surface area contributed by atoms with E-state index >= 15 is 0 Å². The van der Waals surface area contributed by atoms with Crippen LogP contribution in [0.5, 0.6) is 0 Å². The van der Waals surface area contributed by atoms with Gasteiger partial charge in [0.1, 0.15) is 30.7 Å². The quantitative estimate of drug-likeness (QED) is 0.182. The van der Waals surface area contributed by atoms with Crippen molar-refractivity contribution in [1.82, 2.24) is 10.2 Å². The molecule has 0 saturated carbocycles. The van der Waals surface area contributed by atoms with Crippen LogP contribution in [0.3, 0.4) is 0 Å². The van der Waals surface area contributed by atoms with E-state index in [4.69, 9.17) is 10.2 Å². The van der Waals surface area contributed by atoms with Crippen LogP contribution < -0.4 is 11.1 Å². The Bertz CT molecular complexity index is 910. The van der Waals surface area contributed by atoms with Gasteiger partial charge in [-0.3, -0.25) is 14.5 Å². The Kier molecular flexibility index (Phi) is 5.77. The SMILES string of the molecule is CO/N=C(\NC(=O)C1C(=O)N2C(C(=O)O)=C(COC(N)=O)CSC12)c1ccco1. The normalized spacial score (nSPS) is 21.2. The molecular formula is C16H16N4O8S. The van der Waals surface area contributed by atoms with E-state index in [1.165, 1.54) is 25.1 Å². The molecule has 0 bridgehead atoms. The summed E-state index contributed by atoms with van der Waals surface area (Å²) in [6, 6.07) is 3.12. The molecule has 13 heteroatoms. The van der Waals surface area contributed by atoms with Crippen molar-refractivity contribution in [2.75, 3.05) is 19.5 Å². The third-order valence-corrected chi connectivity index (χ3v) is 5.44. The van der Waals surface area contributed by atoms with Crippen molar-refractivity contribution in [2.45, 2.75) is 5.37 Å². The van der Waals surface area contributed by atoms with Crippen molar-refractivity contribution in [3.63, 3.8) is 0 Å². The van der Waals surface area contributed by atoms with Gasteiger partial charge in [-0.25, -0.2) is 9.59 Å². The largest absolute Gasteiger partial charge is 0.477 e. The zero-order valence-electron chi connectivity index (χ0n) is 15.0. The molecule has 0 radical (unpaired) electrons. The summed E-state index contributed by atoms with van der Waals surface area (Å²) in [4.78, 5) is 53.4. The maximum absolute atomic E-state index is 12.6.